The number of aryl methyl sites for hydroxylation is 1. The molecule has 0 spiro atoms. The Balaban J connectivity index is 1.09. The van der Waals surface area contributed by atoms with E-state index in [0.717, 1.165) is 48.5 Å². The van der Waals surface area contributed by atoms with E-state index < -0.39 is 6.04 Å². The molecule has 2 unspecified atom stereocenters. The summed E-state index contributed by atoms with van der Waals surface area (Å²) >= 11 is 0. The first-order valence-electron chi connectivity index (χ1n) is 13.8. The van der Waals surface area contributed by atoms with Crippen LogP contribution < -0.4 is 10.1 Å². The SMILES string of the molecule is C=C1CCC(N2Cc3cc(C[C@H]4CCCCC4N4CC(Oc5ccccc5C)C4)ccc3C2=O)C(=O)N1. The second-order valence-electron chi connectivity index (χ2n) is 11.3. The molecule has 3 atom stereocenters. The lowest BCUT2D eigenvalue weighted by Gasteiger charge is -2.48. The van der Waals surface area contributed by atoms with Crippen molar-refractivity contribution in [1.29, 1.82) is 0 Å². The Kier molecular flexibility index (Phi) is 6.53. The second-order valence-corrected chi connectivity index (χ2v) is 11.3. The molecule has 194 valence electrons. The Morgan fingerprint density at radius 1 is 1.05 bits per heavy atom. The van der Waals surface area contributed by atoms with Crippen molar-refractivity contribution >= 4 is 11.8 Å². The molecule has 0 bridgehead atoms. The molecule has 37 heavy (non-hydrogen) atoms. The van der Waals surface area contributed by atoms with E-state index in [2.05, 4.69) is 54.1 Å². The normalized spacial score (nSPS) is 26.6. The van der Waals surface area contributed by atoms with E-state index in [4.69, 9.17) is 4.74 Å². The van der Waals surface area contributed by atoms with Gasteiger partial charge in [-0.3, -0.25) is 14.5 Å². The topological polar surface area (TPSA) is 61.9 Å². The van der Waals surface area contributed by atoms with Gasteiger partial charge in [0.25, 0.3) is 5.91 Å². The fraction of sp³-hybridized carbons (Fsp3) is 0.484. The number of fused-ring (bicyclic) bond motifs is 1. The molecule has 4 aliphatic rings. The van der Waals surface area contributed by atoms with Crippen LogP contribution in [0, 0.1) is 12.8 Å². The van der Waals surface area contributed by atoms with Crippen molar-refractivity contribution in [3.63, 3.8) is 0 Å². The number of piperidine rings is 1. The van der Waals surface area contributed by atoms with Crippen LogP contribution in [0.4, 0.5) is 0 Å². The number of carbonyl (C=O) groups is 2. The third kappa shape index (κ3) is 4.79. The summed E-state index contributed by atoms with van der Waals surface area (Å²) in [6, 6.07) is 14.8. The molecule has 3 aliphatic heterocycles. The number of benzene rings is 2. The van der Waals surface area contributed by atoms with Gasteiger partial charge in [-0.25, -0.2) is 0 Å². The predicted octanol–water partition coefficient (Wildman–Crippen LogP) is 4.61. The lowest BCUT2D eigenvalue weighted by molar-refractivity contribution is -0.126. The van der Waals surface area contributed by atoms with Gasteiger partial charge in [0.15, 0.2) is 0 Å². The summed E-state index contributed by atoms with van der Waals surface area (Å²) in [5, 5.41) is 2.82. The van der Waals surface area contributed by atoms with E-state index in [1.54, 1.807) is 4.90 Å². The molecule has 2 aromatic rings. The third-order valence-electron chi connectivity index (χ3n) is 8.80. The fourth-order valence-corrected chi connectivity index (χ4v) is 6.73. The maximum absolute atomic E-state index is 13.1. The average Bonchev–Trinajstić information content (AvgIpc) is 3.18. The van der Waals surface area contributed by atoms with Crippen LogP contribution in [0.5, 0.6) is 5.75 Å². The van der Waals surface area contributed by atoms with Crippen molar-refractivity contribution in [2.24, 2.45) is 5.92 Å². The molecule has 1 saturated carbocycles. The van der Waals surface area contributed by atoms with E-state index in [1.165, 1.54) is 36.8 Å². The second kappa shape index (κ2) is 9.97. The summed E-state index contributed by atoms with van der Waals surface area (Å²) in [6.45, 7) is 8.48. The quantitative estimate of drug-likeness (QED) is 0.631. The monoisotopic (exact) mass is 499 g/mol. The Morgan fingerprint density at radius 3 is 2.68 bits per heavy atom. The number of hydrogen-bond acceptors (Lipinski definition) is 4. The Hall–Kier alpha value is -3.12. The minimum Gasteiger partial charge on any atom is -0.487 e. The van der Waals surface area contributed by atoms with Crippen LogP contribution in [0.1, 0.15) is 65.6 Å². The molecule has 6 heteroatoms. The maximum atomic E-state index is 13.1. The zero-order chi connectivity index (χ0) is 25.5. The number of rotatable bonds is 6. The van der Waals surface area contributed by atoms with E-state index in [0.29, 0.717) is 24.9 Å². The largest absolute Gasteiger partial charge is 0.487 e. The van der Waals surface area contributed by atoms with Gasteiger partial charge in [-0.1, -0.05) is 49.8 Å². The van der Waals surface area contributed by atoms with E-state index >= 15 is 0 Å². The summed E-state index contributed by atoms with van der Waals surface area (Å²) < 4.78 is 6.28. The van der Waals surface area contributed by atoms with Crippen LogP contribution in [-0.2, 0) is 17.8 Å². The molecular formula is C31H37N3O3. The fourth-order valence-electron chi connectivity index (χ4n) is 6.73. The minimum atomic E-state index is -0.405. The molecule has 2 aromatic carbocycles. The van der Waals surface area contributed by atoms with Gasteiger partial charge in [-0.05, 0) is 73.8 Å². The summed E-state index contributed by atoms with van der Waals surface area (Å²) in [5.74, 6) is 1.49. The first-order chi connectivity index (χ1) is 18.0. The Labute approximate surface area is 219 Å². The standard InChI is InChI=1S/C31H37N3O3/c1-20-7-3-6-10-29(20)37-25-18-33(19-25)27-9-5-4-8-23(27)15-22-12-13-26-24(16-22)17-34(31(26)36)28-14-11-21(2)32-30(28)35/h3,6-7,10,12-13,16,23,25,27-28H,2,4-5,8-9,11,14-15,17-19H2,1H3,(H,32,35)/t23-,27?,28?/m1/s1. The number of amides is 2. The lowest BCUT2D eigenvalue weighted by atomic mass is 9.78. The third-order valence-corrected chi connectivity index (χ3v) is 8.80. The first kappa shape index (κ1) is 24.2. The maximum Gasteiger partial charge on any atom is 0.255 e. The highest BCUT2D eigenvalue weighted by Crippen LogP contribution is 2.36. The van der Waals surface area contributed by atoms with Crippen LogP contribution >= 0.6 is 0 Å². The van der Waals surface area contributed by atoms with Crippen LogP contribution in [0.2, 0.25) is 0 Å². The molecule has 3 fully saturated rings. The number of para-hydroxylation sites is 1. The molecule has 0 aromatic heterocycles. The lowest BCUT2D eigenvalue weighted by Crippen LogP contribution is -2.60. The van der Waals surface area contributed by atoms with E-state index in [9.17, 15) is 9.59 Å². The highest BCUT2D eigenvalue weighted by Gasteiger charge is 2.40. The highest BCUT2D eigenvalue weighted by molar-refractivity contribution is 6.01. The van der Waals surface area contributed by atoms with Gasteiger partial charge < -0.3 is 15.0 Å². The van der Waals surface area contributed by atoms with Crippen LogP contribution in [0.3, 0.4) is 0 Å². The number of allylic oxidation sites excluding steroid dienone is 1. The van der Waals surface area contributed by atoms with Crippen LogP contribution in [0.25, 0.3) is 0 Å². The Morgan fingerprint density at radius 2 is 1.86 bits per heavy atom. The number of carbonyl (C=O) groups excluding carboxylic acids is 2. The summed E-state index contributed by atoms with van der Waals surface area (Å²) in [6.07, 6.45) is 7.76. The molecule has 2 saturated heterocycles. The molecule has 2 amide bonds. The smallest absolute Gasteiger partial charge is 0.255 e. The van der Waals surface area contributed by atoms with Crippen molar-refractivity contribution in [3.05, 3.63) is 77.0 Å². The molecule has 3 heterocycles. The van der Waals surface area contributed by atoms with Crippen LogP contribution in [-0.4, -0.2) is 52.9 Å². The van der Waals surface area contributed by atoms with Crippen molar-refractivity contribution in [2.45, 2.75) is 76.6 Å². The van der Waals surface area contributed by atoms with Gasteiger partial charge >= 0.3 is 0 Å². The molecule has 6 nitrogen and oxygen atoms in total. The molecule has 6 rings (SSSR count). The average molecular weight is 500 g/mol. The summed E-state index contributed by atoms with van der Waals surface area (Å²) in [7, 11) is 0. The number of nitrogens with one attached hydrogen (secondary N) is 1. The summed E-state index contributed by atoms with van der Waals surface area (Å²) in [4.78, 5) is 30.0. The van der Waals surface area contributed by atoms with Gasteiger partial charge in [0.1, 0.15) is 17.9 Å². The van der Waals surface area contributed by atoms with Gasteiger partial charge in [-0.2, -0.15) is 0 Å². The van der Waals surface area contributed by atoms with E-state index in [1.807, 2.05) is 12.1 Å². The highest BCUT2D eigenvalue weighted by atomic mass is 16.5. The summed E-state index contributed by atoms with van der Waals surface area (Å²) in [5.41, 5.74) is 5.05. The zero-order valence-electron chi connectivity index (χ0n) is 21.7. The number of hydrogen-bond donors (Lipinski definition) is 1. The number of ether oxygens (including phenoxy) is 1. The first-order valence-corrected chi connectivity index (χ1v) is 13.8. The van der Waals surface area contributed by atoms with E-state index in [-0.39, 0.29) is 17.9 Å². The number of nitrogens with zero attached hydrogens (tertiary/aromatic N) is 2. The number of likely N-dealkylation sites (tertiary alicyclic amines) is 1. The van der Waals surface area contributed by atoms with Crippen LogP contribution in [0.15, 0.2) is 54.7 Å². The van der Waals surface area contributed by atoms with Crippen molar-refractivity contribution in [2.75, 3.05) is 13.1 Å². The molecule has 1 aliphatic carbocycles. The minimum absolute atomic E-state index is 0.0231. The van der Waals surface area contributed by atoms with Gasteiger partial charge in [0.05, 0.1) is 0 Å². The molecule has 0 radical (unpaired) electrons. The molecule has 1 N–H and O–H groups in total. The molecular weight excluding hydrogens is 462 g/mol. The zero-order valence-corrected chi connectivity index (χ0v) is 21.7. The van der Waals surface area contributed by atoms with Crippen molar-refractivity contribution < 1.29 is 14.3 Å². The van der Waals surface area contributed by atoms with Gasteiger partial charge in [0, 0.05) is 36.9 Å². The van der Waals surface area contributed by atoms with Crippen molar-refractivity contribution in [1.82, 2.24) is 15.1 Å². The predicted molar refractivity (Wildman–Crippen MR) is 143 cm³/mol. The van der Waals surface area contributed by atoms with Gasteiger partial charge in [-0.15, -0.1) is 0 Å². The van der Waals surface area contributed by atoms with Crippen molar-refractivity contribution in [3.8, 4) is 5.75 Å². The Bertz CT molecular complexity index is 1220. The van der Waals surface area contributed by atoms with Gasteiger partial charge in [0.2, 0.25) is 5.91 Å².